The first-order chi connectivity index (χ1) is 26.2. The first kappa shape index (κ1) is 37.5. The van der Waals surface area contributed by atoms with Gasteiger partial charge in [0, 0.05) is 44.4 Å². The third-order valence-electron chi connectivity index (χ3n) is 9.43. The zero-order chi connectivity index (χ0) is 38.0. The first-order valence-corrected chi connectivity index (χ1v) is 17.9. The monoisotopic (exact) mass is 730 g/mol. The minimum absolute atomic E-state index is 0.209. The standard InChI is InChI=1S/C40H46N10O4/c1-25-18-31(53-3)19-26(2)32(25)22-34(46-37(51)33(41)10-7-16-50-17-15-44-40(50)42)38(52)47-35(21-30-23-43-24-45-30)39-48-36(49-54-39)20-27-11-13-29(14-12-27)28-8-5-4-6-9-28/h4-6,8-9,11-15,17-19,23-24,33-35H,7,10,16,20-22,41H2,1-3H3,(H2,42,44)(H,43,45)(H,46,51)(H,47,52)/t33?,34?,35-/m0/s1. The van der Waals surface area contributed by atoms with Crippen LogP contribution in [0.1, 0.15) is 58.5 Å². The number of nitrogens with one attached hydrogen (secondary N) is 3. The predicted octanol–water partition coefficient (Wildman–Crippen LogP) is 4.39. The Morgan fingerprint density at radius 2 is 1.70 bits per heavy atom. The molecule has 3 aromatic carbocycles. The number of hydrogen-bond donors (Lipinski definition) is 5. The number of benzene rings is 3. The lowest BCUT2D eigenvalue weighted by atomic mass is 9.95. The van der Waals surface area contributed by atoms with Crippen LogP contribution >= 0.6 is 0 Å². The highest BCUT2D eigenvalue weighted by Crippen LogP contribution is 2.25. The second-order valence-corrected chi connectivity index (χ2v) is 13.3. The summed E-state index contributed by atoms with van der Waals surface area (Å²) in [5.74, 6) is 0.909. The van der Waals surface area contributed by atoms with Gasteiger partial charge in [-0.25, -0.2) is 9.97 Å². The number of anilines is 1. The van der Waals surface area contributed by atoms with Crippen molar-refractivity contribution in [1.82, 2.24) is 40.3 Å². The average Bonchev–Trinajstić information content (AvgIpc) is 3.96. The van der Waals surface area contributed by atoms with Gasteiger partial charge in [0.25, 0.3) is 0 Å². The fourth-order valence-electron chi connectivity index (χ4n) is 6.42. The summed E-state index contributed by atoms with van der Waals surface area (Å²) in [6.45, 7) is 4.45. The van der Waals surface area contributed by atoms with E-state index in [-0.39, 0.29) is 18.7 Å². The van der Waals surface area contributed by atoms with Crippen LogP contribution < -0.4 is 26.8 Å². The third-order valence-corrected chi connectivity index (χ3v) is 9.43. The highest BCUT2D eigenvalue weighted by molar-refractivity contribution is 5.90. The summed E-state index contributed by atoms with van der Waals surface area (Å²) in [4.78, 5) is 43.9. The van der Waals surface area contributed by atoms with E-state index >= 15 is 0 Å². The minimum atomic E-state index is -0.981. The number of aromatic amines is 1. The molecule has 3 atom stereocenters. The molecule has 0 aliphatic rings. The third kappa shape index (κ3) is 9.58. The second-order valence-electron chi connectivity index (χ2n) is 13.3. The average molecular weight is 731 g/mol. The van der Waals surface area contributed by atoms with Crippen LogP contribution in [0.5, 0.6) is 5.75 Å². The van der Waals surface area contributed by atoms with Gasteiger partial charge in [-0.05, 0) is 72.2 Å². The van der Waals surface area contributed by atoms with Crippen LogP contribution in [0.4, 0.5) is 5.95 Å². The molecule has 6 aromatic rings. The van der Waals surface area contributed by atoms with Gasteiger partial charge in [0.05, 0.1) is 25.2 Å². The Balaban J connectivity index is 1.20. The second kappa shape index (κ2) is 17.5. The van der Waals surface area contributed by atoms with Gasteiger partial charge in [-0.2, -0.15) is 4.98 Å². The van der Waals surface area contributed by atoms with E-state index in [1.165, 1.54) is 0 Å². The SMILES string of the molecule is COc1cc(C)c(CC(NC(=O)C(N)CCCn2ccnc2N)C(=O)N[C@@H](Cc2c[nH]cn2)c2nc(Cc3ccc(-c4ccccc4)cc3)no2)c(C)c1. The number of methoxy groups -OCH3 is 1. The Bertz CT molecular complexity index is 2100. The molecular weight excluding hydrogens is 685 g/mol. The fourth-order valence-corrected chi connectivity index (χ4v) is 6.42. The van der Waals surface area contributed by atoms with Gasteiger partial charge >= 0.3 is 0 Å². The topological polar surface area (TPSA) is 205 Å². The summed E-state index contributed by atoms with van der Waals surface area (Å²) >= 11 is 0. The summed E-state index contributed by atoms with van der Waals surface area (Å²) in [6.07, 6.45) is 8.56. The van der Waals surface area contributed by atoms with Crippen LogP contribution in [0.2, 0.25) is 0 Å². The van der Waals surface area contributed by atoms with Crippen molar-refractivity contribution < 1.29 is 18.8 Å². The van der Waals surface area contributed by atoms with Gasteiger partial charge in [0.2, 0.25) is 17.7 Å². The maximum absolute atomic E-state index is 14.3. The van der Waals surface area contributed by atoms with Crippen molar-refractivity contribution in [3.8, 4) is 16.9 Å². The number of aromatic nitrogens is 6. The van der Waals surface area contributed by atoms with Crippen LogP contribution in [0, 0.1) is 13.8 Å². The number of nitrogens with zero attached hydrogens (tertiary/aromatic N) is 5. The number of amides is 2. The zero-order valence-electron chi connectivity index (χ0n) is 30.7. The molecule has 0 saturated carbocycles. The number of imidazole rings is 2. The molecule has 0 bridgehead atoms. The molecule has 0 fully saturated rings. The van der Waals surface area contributed by atoms with Crippen molar-refractivity contribution in [1.29, 1.82) is 0 Å². The molecule has 280 valence electrons. The lowest BCUT2D eigenvalue weighted by Crippen LogP contribution is -2.53. The number of carbonyl (C=O) groups is 2. The number of nitrogen functional groups attached to an aromatic ring is 1. The van der Waals surface area contributed by atoms with E-state index in [2.05, 4.69) is 55.0 Å². The maximum atomic E-state index is 14.3. The molecule has 3 heterocycles. The Morgan fingerprint density at radius 3 is 2.37 bits per heavy atom. The fraction of sp³-hybridized carbons (Fsp3) is 0.300. The molecule has 7 N–H and O–H groups in total. The number of aryl methyl sites for hydroxylation is 3. The van der Waals surface area contributed by atoms with E-state index in [1.807, 2.05) is 56.3 Å². The lowest BCUT2D eigenvalue weighted by molar-refractivity contribution is -0.130. The summed E-state index contributed by atoms with van der Waals surface area (Å²) in [6, 6.07) is 19.6. The summed E-state index contributed by atoms with van der Waals surface area (Å²) in [5.41, 5.74) is 18.9. The molecule has 14 nitrogen and oxygen atoms in total. The number of hydrogen-bond acceptors (Lipinski definition) is 10. The van der Waals surface area contributed by atoms with Crippen molar-refractivity contribution in [2.24, 2.45) is 5.73 Å². The Morgan fingerprint density at radius 1 is 0.963 bits per heavy atom. The summed E-state index contributed by atoms with van der Waals surface area (Å²) in [5, 5.41) is 10.3. The largest absolute Gasteiger partial charge is 0.497 e. The molecule has 0 saturated heterocycles. The van der Waals surface area contributed by atoms with Gasteiger partial charge in [-0.3, -0.25) is 9.59 Å². The number of nitrogens with two attached hydrogens (primary N) is 2. The Labute approximate surface area is 313 Å². The van der Waals surface area contributed by atoms with Gasteiger partial charge in [0.15, 0.2) is 11.8 Å². The van der Waals surface area contributed by atoms with E-state index in [4.69, 9.17) is 25.7 Å². The summed E-state index contributed by atoms with van der Waals surface area (Å²) < 4.78 is 13.0. The molecule has 2 amide bonds. The van der Waals surface area contributed by atoms with E-state index in [1.54, 1.807) is 36.6 Å². The van der Waals surface area contributed by atoms with Crippen LogP contribution in [0.25, 0.3) is 11.1 Å². The van der Waals surface area contributed by atoms with Gasteiger partial charge in [0.1, 0.15) is 17.8 Å². The van der Waals surface area contributed by atoms with E-state index < -0.39 is 29.9 Å². The summed E-state index contributed by atoms with van der Waals surface area (Å²) in [7, 11) is 1.61. The van der Waals surface area contributed by atoms with Crippen molar-refractivity contribution in [2.75, 3.05) is 12.8 Å². The molecule has 14 heteroatoms. The zero-order valence-corrected chi connectivity index (χ0v) is 30.7. The first-order valence-electron chi connectivity index (χ1n) is 17.9. The number of carbonyl (C=O) groups excluding carboxylic acids is 2. The van der Waals surface area contributed by atoms with Gasteiger partial charge < -0.3 is 40.9 Å². The molecule has 3 aromatic heterocycles. The molecule has 0 aliphatic carbocycles. The van der Waals surface area contributed by atoms with Crippen LogP contribution in [-0.2, 0) is 35.4 Å². The van der Waals surface area contributed by atoms with E-state index in [9.17, 15) is 9.59 Å². The smallest absolute Gasteiger partial charge is 0.249 e. The van der Waals surface area contributed by atoms with E-state index in [0.29, 0.717) is 49.0 Å². The highest BCUT2D eigenvalue weighted by atomic mass is 16.5. The Hall–Kier alpha value is -6.28. The molecule has 2 unspecified atom stereocenters. The molecule has 0 radical (unpaired) electrons. The van der Waals surface area contributed by atoms with Crippen molar-refractivity contribution in [3.63, 3.8) is 0 Å². The number of ether oxygens (including phenoxy) is 1. The molecule has 0 aliphatic heterocycles. The number of H-pyrrole nitrogens is 1. The maximum Gasteiger partial charge on any atom is 0.249 e. The normalized spacial score (nSPS) is 12.9. The lowest BCUT2D eigenvalue weighted by Gasteiger charge is -2.24. The molecule has 0 spiro atoms. The molecule has 6 rings (SSSR count). The van der Waals surface area contributed by atoms with Crippen LogP contribution in [0.3, 0.4) is 0 Å². The van der Waals surface area contributed by atoms with Crippen LogP contribution in [0.15, 0.2) is 96.2 Å². The van der Waals surface area contributed by atoms with Crippen molar-refractivity contribution in [3.05, 3.63) is 131 Å². The quantitative estimate of drug-likeness (QED) is 0.0895. The number of rotatable bonds is 17. The van der Waals surface area contributed by atoms with Gasteiger partial charge in [-0.15, -0.1) is 0 Å². The van der Waals surface area contributed by atoms with Crippen molar-refractivity contribution >= 4 is 17.8 Å². The predicted molar refractivity (Wildman–Crippen MR) is 204 cm³/mol. The highest BCUT2D eigenvalue weighted by Gasteiger charge is 2.30. The molecule has 54 heavy (non-hydrogen) atoms. The van der Waals surface area contributed by atoms with Gasteiger partial charge in [-0.1, -0.05) is 59.8 Å². The minimum Gasteiger partial charge on any atom is -0.497 e. The van der Waals surface area contributed by atoms with Crippen LogP contribution in [-0.4, -0.2) is 60.7 Å². The van der Waals surface area contributed by atoms with Crippen molar-refractivity contribution in [2.45, 2.75) is 70.6 Å². The Kier molecular flexibility index (Phi) is 12.1. The molecular formula is C40H46N10O4. The van der Waals surface area contributed by atoms with E-state index in [0.717, 1.165) is 33.4 Å².